The summed E-state index contributed by atoms with van der Waals surface area (Å²) in [5.74, 6) is 0.881. The molecule has 0 radical (unpaired) electrons. The van der Waals surface area contributed by atoms with E-state index in [0.717, 1.165) is 24.0 Å². The molecule has 0 aromatic heterocycles. The number of aliphatic hydroxyl groups is 2. The highest BCUT2D eigenvalue weighted by molar-refractivity contribution is 5.91. The Labute approximate surface area is 140 Å². The Kier molecular flexibility index (Phi) is 7.43. The highest BCUT2D eigenvalue weighted by atomic mass is 16.3. The van der Waals surface area contributed by atoms with Crippen molar-refractivity contribution in [3.63, 3.8) is 0 Å². The number of hydrogen-bond acceptors (Lipinski definition) is 3. The van der Waals surface area contributed by atoms with E-state index in [9.17, 15) is 15.0 Å². The minimum atomic E-state index is -1.05. The van der Waals surface area contributed by atoms with Gasteiger partial charge in [-0.1, -0.05) is 43.2 Å². The van der Waals surface area contributed by atoms with E-state index in [2.05, 4.69) is 19.9 Å². The summed E-state index contributed by atoms with van der Waals surface area (Å²) in [5, 5.41) is 20.6. The van der Waals surface area contributed by atoms with E-state index in [0.29, 0.717) is 18.3 Å². The fourth-order valence-electron chi connectivity index (χ4n) is 2.99. The van der Waals surface area contributed by atoms with Gasteiger partial charge in [0.1, 0.15) is 0 Å². The van der Waals surface area contributed by atoms with Crippen molar-refractivity contribution in [3.8, 4) is 0 Å². The van der Waals surface area contributed by atoms with E-state index in [1.165, 1.54) is 0 Å². The van der Waals surface area contributed by atoms with Crippen molar-refractivity contribution >= 4 is 5.78 Å². The van der Waals surface area contributed by atoms with Crippen LogP contribution >= 0.6 is 0 Å². The molecule has 0 aromatic rings. The van der Waals surface area contributed by atoms with Gasteiger partial charge in [0, 0.05) is 12.8 Å². The Morgan fingerprint density at radius 1 is 1.26 bits per heavy atom. The largest absolute Gasteiger partial charge is 0.389 e. The van der Waals surface area contributed by atoms with E-state index >= 15 is 0 Å². The average Bonchev–Trinajstić information content (AvgIpc) is 2.35. The zero-order valence-corrected chi connectivity index (χ0v) is 15.2. The Hall–Kier alpha value is -1.19. The maximum absolute atomic E-state index is 12.1. The second-order valence-corrected chi connectivity index (χ2v) is 7.58. The molecule has 1 rings (SSSR count). The second kappa shape index (κ2) is 8.60. The quantitative estimate of drug-likeness (QED) is 0.719. The van der Waals surface area contributed by atoms with Gasteiger partial charge >= 0.3 is 0 Å². The molecule has 0 amide bonds. The third-order valence-corrected chi connectivity index (χ3v) is 4.39. The van der Waals surface area contributed by atoms with Gasteiger partial charge in [0.2, 0.25) is 0 Å². The lowest BCUT2D eigenvalue weighted by Crippen LogP contribution is -2.27. The van der Waals surface area contributed by atoms with Crippen LogP contribution in [0.4, 0.5) is 0 Å². The summed E-state index contributed by atoms with van der Waals surface area (Å²) in [6.45, 7) is 9.88. The van der Waals surface area contributed by atoms with E-state index in [4.69, 9.17) is 0 Å². The third-order valence-electron chi connectivity index (χ3n) is 4.39. The van der Waals surface area contributed by atoms with Crippen molar-refractivity contribution in [3.05, 3.63) is 35.5 Å². The first-order valence-electron chi connectivity index (χ1n) is 8.56. The molecule has 2 N–H and O–H groups in total. The summed E-state index contributed by atoms with van der Waals surface area (Å²) in [6.07, 6.45) is 8.92. The monoisotopic (exact) mass is 320 g/mol. The number of aliphatic hydroxyl groups excluding tert-OH is 1. The van der Waals surface area contributed by atoms with Gasteiger partial charge in [-0.3, -0.25) is 4.79 Å². The molecule has 0 heterocycles. The maximum atomic E-state index is 12.1. The van der Waals surface area contributed by atoms with Crippen molar-refractivity contribution in [2.75, 3.05) is 0 Å². The fourth-order valence-corrected chi connectivity index (χ4v) is 2.99. The summed E-state index contributed by atoms with van der Waals surface area (Å²) in [4.78, 5) is 12.1. The Bertz CT molecular complexity index is 495. The molecule has 0 saturated carbocycles. The Balaban J connectivity index is 3.08. The van der Waals surface area contributed by atoms with Crippen LogP contribution in [0.3, 0.4) is 0 Å². The summed E-state index contributed by atoms with van der Waals surface area (Å²) < 4.78 is 0. The van der Waals surface area contributed by atoms with Crippen LogP contribution in [0.5, 0.6) is 0 Å². The minimum Gasteiger partial charge on any atom is -0.389 e. The van der Waals surface area contributed by atoms with Crippen molar-refractivity contribution in [1.82, 2.24) is 0 Å². The molecule has 0 saturated heterocycles. The molecule has 0 fully saturated rings. The number of carbonyl (C=O) groups excluding carboxylic acids is 1. The van der Waals surface area contributed by atoms with Crippen LogP contribution in [0.15, 0.2) is 35.5 Å². The van der Waals surface area contributed by atoms with Crippen LogP contribution in [0.2, 0.25) is 0 Å². The van der Waals surface area contributed by atoms with Gasteiger partial charge in [0.15, 0.2) is 5.78 Å². The zero-order valence-electron chi connectivity index (χ0n) is 15.2. The molecule has 0 unspecified atom stereocenters. The first kappa shape index (κ1) is 19.9. The lowest BCUT2D eigenvalue weighted by molar-refractivity contribution is -0.114. The minimum absolute atomic E-state index is 0.0731. The molecular formula is C20H32O3. The lowest BCUT2D eigenvalue weighted by atomic mass is 9.86. The molecule has 3 nitrogen and oxygen atoms in total. The normalized spacial score (nSPS) is 37.5. The van der Waals surface area contributed by atoms with Gasteiger partial charge in [0.25, 0.3) is 0 Å². The van der Waals surface area contributed by atoms with E-state index in [1.54, 1.807) is 19.1 Å². The second-order valence-electron chi connectivity index (χ2n) is 7.58. The van der Waals surface area contributed by atoms with Gasteiger partial charge in [0.05, 0.1) is 11.7 Å². The van der Waals surface area contributed by atoms with E-state index in [1.807, 2.05) is 19.9 Å². The van der Waals surface area contributed by atoms with Crippen LogP contribution in [-0.2, 0) is 4.79 Å². The topological polar surface area (TPSA) is 57.5 Å². The number of rotatable bonds is 1. The van der Waals surface area contributed by atoms with Gasteiger partial charge in [-0.15, -0.1) is 0 Å². The first-order chi connectivity index (χ1) is 10.6. The number of carbonyl (C=O) groups is 1. The van der Waals surface area contributed by atoms with Crippen molar-refractivity contribution in [1.29, 1.82) is 0 Å². The highest BCUT2D eigenvalue weighted by Crippen LogP contribution is 2.25. The molecule has 0 aromatic carbocycles. The van der Waals surface area contributed by atoms with Crippen LogP contribution in [0, 0.1) is 11.8 Å². The smallest absolute Gasteiger partial charge is 0.159 e. The fraction of sp³-hybridized carbons (Fsp3) is 0.650. The predicted octanol–water partition coefficient (Wildman–Crippen LogP) is 3.96. The van der Waals surface area contributed by atoms with Crippen LogP contribution in [0.25, 0.3) is 0 Å². The Morgan fingerprint density at radius 3 is 2.52 bits per heavy atom. The third kappa shape index (κ3) is 7.76. The van der Waals surface area contributed by atoms with Crippen LogP contribution < -0.4 is 0 Å². The Morgan fingerprint density at radius 2 is 1.91 bits per heavy atom. The summed E-state index contributed by atoms with van der Waals surface area (Å²) in [6, 6.07) is 0. The maximum Gasteiger partial charge on any atom is 0.159 e. The average molecular weight is 320 g/mol. The molecule has 130 valence electrons. The van der Waals surface area contributed by atoms with Gasteiger partial charge in [-0.05, 0) is 51.5 Å². The first-order valence-corrected chi connectivity index (χ1v) is 8.56. The molecule has 0 bridgehead atoms. The molecular weight excluding hydrogens is 288 g/mol. The lowest BCUT2D eigenvalue weighted by Gasteiger charge is -2.24. The number of ketones is 1. The standard InChI is InChI=1S/C20H32O3/c1-14(2)17-7-6-15(3)10-18(21)11-16(4)12-19(22)13-20(5,23)9-8-17/h8-10,12,14,17,19,22-23H,6-7,11,13H2,1-5H3/b9-8+,15-10+,16-12+/t17-,19+,20-/m1/s1. The van der Waals surface area contributed by atoms with E-state index in [-0.39, 0.29) is 12.2 Å². The SMILES string of the molecule is C/C1=C\C(=O)C/C(C)=C/[C@H](O)C[C@](C)(O)/C=C/[C@H](C(C)C)CC1. The molecule has 1 aliphatic carbocycles. The molecule has 3 atom stereocenters. The van der Waals surface area contributed by atoms with E-state index < -0.39 is 11.7 Å². The van der Waals surface area contributed by atoms with Crippen LogP contribution in [0.1, 0.15) is 60.3 Å². The molecule has 1 aliphatic rings. The number of hydrogen-bond donors (Lipinski definition) is 2. The summed E-state index contributed by atoms with van der Waals surface area (Å²) >= 11 is 0. The predicted molar refractivity (Wildman–Crippen MR) is 95.1 cm³/mol. The van der Waals surface area contributed by atoms with Gasteiger partial charge < -0.3 is 10.2 Å². The summed E-state index contributed by atoms with van der Waals surface area (Å²) in [7, 11) is 0. The molecule has 23 heavy (non-hydrogen) atoms. The van der Waals surface area contributed by atoms with Gasteiger partial charge in [-0.25, -0.2) is 0 Å². The van der Waals surface area contributed by atoms with Gasteiger partial charge in [-0.2, -0.15) is 0 Å². The van der Waals surface area contributed by atoms with Crippen molar-refractivity contribution < 1.29 is 15.0 Å². The summed E-state index contributed by atoms with van der Waals surface area (Å²) in [5.41, 5.74) is 0.872. The molecule has 0 spiro atoms. The van der Waals surface area contributed by atoms with Crippen molar-refractivity contribution in [2.24, 2.45) is 11.8 Å². The van der Waals surface area contributed by atoms with Crippen LogP contribution in [-0.4, -0.2) is 27.7 Å². The highest BCUT2D eigenvalue weighted by Gasteiger charge is 2.22. The molecule has 3 heteroatoms. The number of allylic oxidation sites excluding steroid dienone is 4. The zero-order chi connectivity index (χ0) is 17.6. The van der Waals surface area contributed by atoms with Crippen molar-refractivity contribution in [2.45, 2.75) is 72.0 Å². The molecule has 0 aliphatic heterocycles.